The summed E-state index contributed by atoms with van der Waals surface area (Å²) in [6.07, 6.45) is 6.52. The molecule has 1 aromatic carbocycles. The third kappa shape index (κ3) is 4.82. The first-order chi connectivity index (χ1) is 15.5. The van der Waals surface area contributed by atoms with Gasteiger partial charge in [-0.15, -0.1) is 0 Å². The molecule has 1 saturated heterocycles. The molecule has 9 heteroatoms. The minimum atomic E-state index is -0.800. The van der Waals surface area contributed by atoms with Crippen molar-refractivity contribution in [3.63, 3.8) is 0 Å². The molecule has 0 bridgehead atoms. The van der Waals surface area contributed by atoms with Gasteiger partial charge < -0.3 is 14.6 Å². The standard InChI is InChI=1S/C23H27F2N3O4/c1-31-23(30)17-13-28(15-5-3-2-4-6-15)10-9-19(17)26-22(29)21-12-20(27-32-21)16-8-7-14(24)11-18(16)25/h7-8,11-12,15,17,19H,2-6,9-10,13H2,1H3,(H,26,29). The molecule has 4 rings (SSSR count). The van der Waals surface area contributed by atoms with E-state index in [0.29, 0.717) is 19.0 Å². The lowest BCUT2D eigenvalue weighted by atomic mass is 9.87. The molecule has 1 N–H and O–H groups in total. The number of ether oxygens (including phenoxy) is 1. The minimum absolute atomic E-state index is 0.0300. The number of methoxy groups -OCH3 is 1. The van der Waals surface area contributed by atoms with Crippen LogP contribution in [0.1, 0.15) is 49.1 Å². The number of esters is 1. The Bertz CT molecular complexity index is 974. The Hall–Kier alpha value is -2.81. The van der Waals surface area contributed by atoms with Crippen molar-refractivity contribution in [2.45, 2.75) is 50.6 Å². The number of aromatic nitrogens is 1. The Labute approximate surface area is 185 Å². The monoisotopic (exact) mass is 447 g/mol. The number of piperidine rings is 1. The molecule has 1 aromatic heterocycles. The van der Waals surface area contributed by atoms with Gasteiger partial charge in [-0.1, -0.05) is 24.4 Å². The van der Waals surface area contributed by atoms with Crippen LogP contribution in [0, 0.1) is 17.6 Å². The second kappa shape index (κ2) is 9.77. The van der Waals surface area contributed by atoms with Crippen LogP contribution in [-0.4, -0.2) is 54.2 Å². The molecule has 7 nitrogen and oxygen atoms in total. The van der Waals surface area contributed by atoms with E-state index in [2.05, 4.69) is 15.4 Å². The van der Waals surface area contributed by atoms with Gasteiger partial charge in [-0.2, -0.15) is 0 Å². The van der Waals surface area contributed by atoms with E-state index in [1.807, 2.05) is 0 Å². The molecular weight excluding hydrogens is 420 g/mol. The maximum atomic E-state index is 14.0. The number of nitrogens with zero attached hydrogens (tertiary/aromatic N) is 2. The third-order valence-corrected chi connectivity index (χ3v) is 6.50. The van der Waals surface area contributed by atoms with Crippen molar-refractivity contribution in [2.24, 2.45) is 5.92 Å². The smallest absolute Gasteiger partial charge is 0.312 e. The minimum Gasteiger partial charge on any atom is -0.469 e. The third-order valence-electron chi connectivity index (χ3n) is 6.50. The van der Waals surface area contributed by atoms with Gasteiger partial charge in [0.15, 0.2) is 0 Å². The molecule has 1 aliphatic heterocycles. The summed E-state index contributed by atoms with van der Waals surface area (Å²) in [6.45, 7) is 1.32. The van der Waals surface area contributed by atoms with E-state index in [1.165, 1.54) is 38.5 Å². The van der Waals surface area contributed by atoms with Crippen molar-refractivity contribution in [1.29, 1.82) is 0 Å². The summed E-state index contributed by atoms with van der Waals surface area (Å²) in [4.78, 5) is 27.6. The molecule has 1 amide bonds. The highest BCUT2D eigenvalue weighted by Crippen LogP contribution is 2.28. The first-order valence-corrected chi connectivity index (χ1v) is 11.0. The zero-order valence-electron chi connectivity index (χ0n) is 18.0. The molecule has 2 aliphatic rings. The number of carbonyl (C=O) groups excluding carboxylic acids is 2. The normalized spacial score (nSPS) is 22.5. The number of carbonyl (C=O) groups is 2. The maximum Gasteiger partial charge on any atom is 0.312 e. The first-order valence-electron chi connectivity index (χ1n) is 11.0. The van der Waals surface area contributed by atoms with E-state index < -0.39 is 29.5 Å². The van der Waals surface area contributed by atoms with Crippen LogP contribution in [0.3, 0.4) is 0 Å². The molecule has 0 spiro atoms. The van der Waals surface area contributed by atoms with E-state index in [4.69, 9.17) is 9.26 Å². The molecule has 2 heterocycles. The molecule has 0 radical (unpaired) electrons. The van der Waals surface area contributed by atoms with Crippen molar-refractivity contribution in [3.8, 4) is 11.3 Å². The summed E-state index contributed by atoms with van der Waals surface area (Å²) < 4.78 is 37.3. The summed E-state index contributed by atoms with van der Waals surface area (Å²) in [5.41, 5.74) is 0.117. The Morgan fingerprint density at radius 1 is 1.16 bits per heavy atom. The number of halogens is 2. The number of benzene rings is 1. The Kier molecular flexibility index (Phi) is 6.83. The average Bonchev–Trinajstić information content (AvgIpc) is 3.29. The van der Waals surface area contributed by atoms with Gasteiger partial charge in [0, 0.05) is 42.9 Å². The fourth-order valence-corrected chi connectivity index (χ4v) is 4.76. The molecule has 172 valence electrons. The van der Waals surface area contributed by atoms with Crippen LogP contribution in [0.4, 0.5) is 8.78 Å². The number of likely N-dealkylation sites (tertiary alicyclic amines) is 1. The number of nitrogens with one attached hydrogen (secondary N) is 1. The zero-order chi connectivity index (χ0) is 22.7. The van der Waals surface area contributed by atoms with Crippen molar-refractivity contribution >= 4 is 11.9 Å². The fraction of sp³-hybridized carbons (Fsp3) is 0.522. The van der Waals surface area contributed by atoms with Crippen molar-refractivity contribution in [2.75, 3.05) is 20.2 Å². The predicted octanol–water partition coefficient (Wildman–Crippen LogP) is 3.55. The highest BCUT2D eigenvalue weighted by atomic mass is 19.1. The quantitative estimate of drug-likeness (QED) is 0.706. The lowest BCUT2D eigenvalue weighted by Gasteiger charge is -2.42. The van der Waals surface area contributed by atoms with E-state index in [1.54, 1.807) is 0 Å². The Balaban J connectivity index is 1.44. The number of amides is 1. The second-order valence-electron chi connectivity index (χ2n) is 8.49. The highest BCUT2D eigenvalue weighted by Gasteiger charge is 2.38. The first kappa shape index (κ1) is 22.4. The summed E-state index contributed by atoms with van der Waals surface area (Å²) in [6, 6.07) is 4.44. The van der Waals surface area contributed by atoms with E-state index >= 15 is 0 Å². The topological polar surface area (TPSA) is 84.7 Å². The summed E-state index contributed by atoms with van der Waals surface area (Å²) in [7, 11) is 1.35. The highest BCUT2D eigenvalue weighted by molar-refractivity contribution is 5.93. The second-order valence-corrected chi connectivity index (χ2v) is 8.49. The molecule has 32 heavy (non-hydrogen) atoms. The van der Waals surface area contributed by atoms with Crippen LogP contribution in [-0.2, 0) is 9.53 Å². The van der Waals surface area contributed by atoms with E-state index in [0.717, 1.165) is 31.5 Å². The van der Waals surface area contributed by atoms with Gasteiger partial charge >= 0.3 is 5.97 Å². The Morgan fingerprint density at radius 3 is 2.66 bits per heavy atom. The van der Waals surface area contributed by atoms with Crippen LogP contribution < -0.4 is 5.32 Å². The van der Waals surface area contributed by atoms with Crippen molar-refractivity contribution < 1.29 is 27.6 Å². The summed E-state index contributed by atoms with van der Waals surface area (Å²) in [5.74, 6) is -3.01. The van der Waals surface area contributed by atoms with Gasteiger partial charge in [0.2, 0.25) is 5.76 Å². The van der Waals surface area contributed by atoms with E-state index in [-0.39, 0.29) is 23.0 Å². The van der Waals surface area contributed by atoms with Crippen LogP contribution in [0.15, 0.2) is 28.8 Å². The van der Waals surface area contributed by atoms with Gasteiger partial charge in [-0.3, -0.25) is 14.5 Å². The average molecular weight is 447 g/mol. The van der Waals surface area contributed by atoms with Gasteiger partial charge in [-0.25, -0.2) is 8.78 Å². The molecule has 2 fully saturated rings. The zero-order valence-corrected chi connectivity index (χ0v) is 18.0. The largest absolute Gasteiger partial charge is 0.469 e. The van der Waals surface area contributed by atoms with Crippen molar-refractivity contribution in [1.82, 2.24) is 15.4 Å². The number of rotatable bonds is 5. The number of hydrogen-bond donors (Lipinski definition) is 1. The van der Waals surface area contributed by atoms with Crippen LogP contribution in [0.2, 0.25) is 0 Å². The van der Waals surface area contributed by atoms with Gasteiger partial charge in [0.1, 0.15) is 17.3 Å². The maximum absolute atomic E-state index is 14.0. The molecule has 1 saturated carbocycles. The van der Waals surface area contributed by atoms with Gasteiger partial charge in [0.05, 0.1) is 13.0 Å². The fourth-order valence-electron chi connectivity index (χ4n) is 4.76. The van der Waals surface area contributed by atoms with Crippen LogP contribution in [0.25, 0.3) is 11.3 Å². The number of hydrogen-bond acceptors (Lipinski definition) is 6. The summed E-state index contributed by atoms with van der Waals surface area (Å²) in [5, 5.41) is 6.60. The van der Waals surface area contributed by atoms with Crippen molar-refractivity contribution in [3.05, 3.63) is 41.7 Å². The molecule has 1 aliphatic carbocycles. The lowest BCUT2D eigenvalue weighted by Crippen LogP contribution is -2.56. The van der Waals surface area contributed by atoms with Crippen LogP contribution >= 0.6 is 0 Å². The SMILES string of the molecule is COC(=O)C1CN(C2CCCCC2)CCC1NC(=O)c1cc(-c2ccc(F)cc2F)no1. The van der Waals surface area contributed by atoms with Gasteiger partial charge in [-0.05, 0) is 31.4 Å². The lowest BCUT2D eigenvalue weighted by molar-refractivity contribution is -0.148. The predicted molar refractivity (Wildman–Crippen MR) is 112 cm³/mol. The van der Waals surface area contributed by atoms with Crippen LogP contribution in [0.5, 0.6) is 0 Å². The molecular formula is C23H27F2N3O4. The molecule has 2 atom stereocenters. The molecule has 2 aromatic rings. The Morgan fingerprint density at radius 2 is 1.94 bits per heavy atom. The summed E-state index contributed by atoms with van der Waals surface area (Å²) >= 11 is 0. The molecule has 2 unspecified atom stereocenters. The van der Waals surface area contributed by atoms with E-state index in [9.17, 15) is 18.4 Å². The van der Waals surface area contributed by atoms with Gasteiger partial charge in [0.25, 0.3) is 5.91 Å².